The number of hydrogen-bond acceptors (Lipinski definition) is 3. The van der Waals surface area contributed by atoms with Crippen LogP contribution in [0.15, 0.2) is 29.2 Å². The zero-order valence-corrected chi connectivity index (χ0v) is 14.1. The van der Waals surface area contributed by atoms with Crippen LogP contribution < -0.4 is 34.7 Å². The summed E-state index contributed by atoms with van der Waals surface area (Å²) in [5, 5.41) is 10.7. The summed E-state index contributed by atoms with van der Waals surface area (Å²) in [6.45, 7) is 2.21. The van der Waals surface area contributed by atoms with Gasteiger partial charge in [0.25, 0.3) is 0 Å². The molecule has 94 valence electrons. The van der Waals surface area contributed by atoms with Gasteiger partial charge in [0.15, 0.2) is 0 Å². The Bertz CT molecular complexity index is 355. The molecule has 18 heavy (non-hydrogen) atoms. The van der Waals surface area contributed by atoms with Crippen molar-refractivity contribution in [3.05, 3.63) is 29.8 Å². The van der Waals surface area contributed by atoms with Crippen LogP contribution in [0.25, 0.3) is 0 Å². The minimum atomic E-state index is -1.10. The summed E-state index contributed by atoms with van der Waals surface area (Å²) in [4.78, 5) is 11.7. The van der Waals surface area contributed by atoms with Gasteiger partial charge in [0.1, 0.15) is 0 Å². The standard InChI is InChI=1S/C14H20O2S.Na/c1-2-3-4-5-6-10-17-13-9-7-8-12(11-13)14(15)16;/h7-9,11H,2-6,10H2,1H3,(H,15,16);/q;+1/p-1. The first kappa shape index (κ1) is 18.0. The molecule has 0 saturated carbocycles. The second kappa shape index (κ2) is 10.9. The molecule has 0 bridgehead atoms. The predicted octanol–water partition coefficient (Wildman–Crippen LogP) is 0.117. The molecule has 0 aliphatic carbocycles. The molecule has 2 nitrogen and oxygen atoms in total. The van der Waals surface area contributed by atoms with Gasteiger partial charge < -0.3 is 9.90 Å². The van der Waals surface area contributed by atoms with Crippen LogP contribution in [0, 0.1) is 0 Å². The van der Waals surface area contributed by atoms with E-state index in [0.29, 0.717) is 0 Å². The van der Waals surface area contributed by atoms with Crippen molar-refractivity contribution < 1.29 is 39.5 Å². The average molecular weight is 274 g/mol. The summed E-state index contributed by atoms with van der Waals surface area (Å²) >= 11 is 1.72. The molecule has 0 N–H and O–H groups in total. The molecule has 0 heterocycles. The number of hydrogen-bond donors (Lipinski definition) is 0. The normalized spacial score (nSPS) is 9.83. The van der Waals surface area contributed by atoms with Gasteiger partial charge in [-0.15, -0.1) is 11.8 Å². The first-order valence-electron chi connectivity index (χ1n) is 6.18. The van der Waals surface area contributed by atoms with Crippen LogP contribution >= 0.6 is 11.8 Å². The van der Waals surface area contributed by atoms with Gasteiger partial charge in [-0.3, -0.25) is 0 Å². The van der Waals surface area contributed by atoms with Crippen molar-refractivity contribution in [2.45, 2.75) is 43.9 Å². The van der Waals surface area contributed by atoms with Crippen molar-refractivity contribution in [2.75, 3.05) is 5.75 Å². The van der Waals surface area contributed by atoms with Crippen LogP contribution in [0.5, 0.6) is 0 Å². The van der Waals surface area contributed by atoms with Crippen LogP contribution in [-0.4, -0.2) is 11.7 Å². The Labute approximate surface area is 136 Å². The zero-order valence-electron chi connectivity index (χ0n) is 11.3. The number of rotatable bonds is 8. The molecule has 4 heteroatoms. The molecule has 0 atom stereocenters. The van der Waals surface area contributed by atoms with Crippen molar-refractivity contribution in [1.82, 2.24) is 0 Å². The Balaban J connectivity index is 0.00000289. The Kier molecular flexibility index (Phi) is 10.9. The summed E-state index contributed by atoms with van der Waals surface area (Å²) in [6, 6.07) is 6.97. The van der Waals surface area contributed by atoms with Crippen molar-refractivity contribution in [3.63, 3.8) is 0 Å². The molecule has 0 fully saturated rings. The predicted molar refractivity (Wildman–Crippen MR) is 70.3 cm³/mol. The van der Waals surface area contributed by atoms with Crippen molar-refractivity contribution in [3.8, 4) is 0 Å². The van der Waals surface area contributed by atoms with E-state index < -0.39 is 5.97 Å². The Hall–Kier alpha value is 0.0400. The number of carbonyl (C=O) groups excluding carboxylic acids is 1. The number of carboxylic acids is 1. The quantitative estimate of drug-likeness (QED) is 0.384. The van der Waals surface area contributed by atoms with Gasteiger partial charge in [0.2, 0.25) is 0 Å². The fraction of sp³-hybridized carbons (Fsp3) is 0.500. The third-order valence-corrected chi connectivity index (χ3v) is 3.67. The Morgan fingerprint density at radius 3 is 2.61 bits per heavy atom. The van der Waals surface area contributed by atoms with Crippen molar-refractivity contribution in [1.29, 1.82) is 0 Å². The van der Waals surface area contributed by atoms with E-state index in [4.69, 9.17) is 0 Å². The molecule has 1 aromatic rings. The van der Waals surface area contributed by atoms with E-state index in [1.165, 1.54) is 32.1 Å². The summed E-state index contributed by atoms with van der Waals surface area (Å²) in [7, 11) is 0. The molecule has 1 rings (SSSR count). The molecule has 1 aromatic carbocycles. The summed E-state index contributed by atoms with van der Waals surface area (Å²) in [5.74, 6) is -0.0457. The average Bonchev–Trinajstić information content (AvgIpc) is 2.34. The first-order chi connectivity index (χ1) is 8.24. The van der Waals surface area contributed by atoms with E-state index in [1.807, 2.05) is 6.07 Å². The number of benzene rings is 1. The van der Waals surface area contributed by atoms with Gasteiger partial charge in [-0.1, -0.05) is 44.7 Å². The third-order valence-electron chi connectivity index (χ3n) is 2.59. The fourth-order valence-corrected chi connectivity index (χ4v) is 2.58. The topological polar surface area (TPSA) is 40.1 Å². The summed E-state index contributed by atoms with van der Waals surface area (Å²) < 4.78 is 0. The Morgan fingerprint density at radius 2 is 1.94 bits per heavy atom. The first-order valence-corrected chi connectivity index (χ1v) is 7.17. The van der Waals surface area contributed by atoms with Crippen molar-refractivity contribution in [2.24, 2.45) is 0 Å². The minimum Gasteiger partial charge on any atom is -0.545 e. The molecule has 0 aliphatic rings. The largest absolute Gasteiger partial charge is 1.00 e. The fourth-order valence-electron chi connectivity index (χ4n) is 1.61. The Morgan fingerprint density at radius 1 is 1.22 bits per heavy atom. The number of aromatic carboxylic acids is 1. The molecule has 0 aliphatic heterocycles. The van der Waals surface area contributed by atoms with Gasteiger partial charge in [-0.25, -0.2) is 0 Å². The molecule has 0 radical (unpaired) electrons. The third kappa shape index (κ3) is 7.47. The maximum absolute atomic E-state index is 10.7. The number of carboxylic acid groups (broad SMARTS) is 1. The smallest absolute Gasteiger partial charge is 0.545 e. The summed E-state index contributed by atoms with van der Waals surface area (Å²) in [6.07, 6.45) is 6.34. The van der Waals surface area contributed by atoms with Gasteiger partial charge >= 0.3 is 29.6 Å². The van der Waals surface area contributed by atoms with E-state index in [1.54, 1.807) is 30.0 Å². The zero-order chi connectivity index (χ0) is 12.5. The minimum absolute atomic E-state index is 0. The van der Waals surface area contributed by atoms with Crippen LogP contribution in [0.3, 0.4) is 0 Å². The van der Waals surface area contributed by atoms with Crippen molar-refractivity contribution >= 4 is 17.7 Å². The number of thioether (sulfide) groups is 1. The SMILES string of the molecule is CCCCCCCSc1cccc(C(=O)[O-])c1.[Na+]. The van der Waals surface area contributed by atoms with Gasteiger partial charge in [-0.05, 0) is 29.9 Å². The van der Waals surface area contributed by atoms with E-state index in [0.717, 1.165) is 10.6 Å². The molecular weight excluding hydrogens is 255 g/mol. The monoisotopic (exact) mass is 274 g/mol. The summed E-state index contributed by atoms with van der Waals surface area (Å²) in [5.41, 5.74) is 0.265. The van der Waals surface area contributed by atoms with E-state index >= 15 is 0 Å². The second-order valence-electron chi connectivity index (χ2n) is 4.08. The maximum atomic E-state index is 10.7. The van der Waals surface area contributed by atoms with Crippen LogP contribution in [-0.2, 0) is 0 Å². The van der Waals surface area contributed by atoms with E-state index in [9.17, 15) is 9.90 Å². The second-order valence-corrected chi connectivity index (χ2v) is 5.25. The van der Waals surface area contributed by atoms with Gasteiger partial charge in [0, 0.05) is 4.90 Å². The van der Waals surface area contributed by atoms with Gasteiger partial charge in [0.05, 0.1) is 5.97 Å². The molecule has 0 aromatic heterocycles. The maximum Gasteiger partial charge on any atom is 1.00 e. The van der Waals surface area contributed by atoms with Gasteiger partial charge in [-0.2, -0.15) is 0 Å². The molecular formula is C14H19NaO2S. The number of unbranched alkanes of at least 4 members (excludes halogenated alkanes) is 4. The molecule has 0 amide bonds. The molecule has 0 unspecified atom stereocenters. The van der Waals surface area contributed by atoms with E-state index in [-0.39, 0.29) is 35.1 Å². The number of carbonyl (C=O) groups is 1. The van der Waals surface area contributed by atoms with Crippen LogP contribution in [0.1, 0.15) is 49.4 Å². The van der Waals surface area contributed by atoms with E-state index in [2.05, 4.69) is 6.92 Å². The van der Waals surface area contributed by atoms with Crippen LogP contribution in [0.4, 0.5) is 0 Å². The molecule has 0 saturated heterocycles. The molecule has 0 spiro atoms. The van der Waals surface area contributed by atoms with Crippen LogP contribution in [0.2, 0.25) is 0 Å².